The molecule has 0 unspecified atom stereocenters. The van der Waals surface area contributed by atoms with Crippen LogP contribution in [0.4, 0.5) is 5.69 Å². The van der Waals surface area contributed by atoms with Gasteiger partial charge in [0.1, 0.15) is 5.69 Å². The zero-order chi connectivity index (χ0) is 11.4. The quantitative estimate of drug-likeness (QED) is 0.460. The molecule has 2 aromatic heterocycles. The van der Waals surface area contributed by atoms with Crippen molar-refractivity contribution in [2.45, 2.75) is 0 Å². The number of carbonyl (C=O) groups excluding carboxylic acids is 1. The molecular formula is C11H10N4O. The van der Waals surface area contributed by atoms with E-state index < -0.39 is 0 Å². The molecule has 2 rings (SSSR count). The van der Waals surface area contributed by atoms with Crippen LogP contribution in [0.1, 0.15) is 10.5 Å². The lowest BCUT2D eigenvalue weighted by atomic mass is 10.3. The second-order valence-electron chi connectivity index (χ2n) is 3.10. The average molecular weight is 214 g/mol. The van der Waals surface area contributed by atoms with Gasteiger partial charge in [-0.3, -0.25) is 14.8 Å². The molecule has 2 heterocycles. The van der Waals surface area contributed by atoms with Gasteiger partial charge >= 0.3 is 0 Å². The molecule has 0 saturated heterocycles. The molecule has 5 heteroatoms. The second kappa shape index (κ2) is 4.50. The van der Waals surface area contributed by atoms with Gasteiger partial charge in [0, 0.05) is 12.4 Å². The molecule has 2 aromatic rings. The maximum Gasteiger partial charge on any atom is 0.291 e. The molecule has 5 nitrogen and oxygen atoms in total. The van der Waals surface area contributed by atoms with Crippen LogP contribution in [-0.4, -0.2) is 15.9 Å². The first-order chi connectivity index (χ1) is 7.79. The molecule has 0 bridgehead atoms. The van der Waals surface area contributed by atoms with Gasteiger partial charge in [-0.15, -0.1) is 0 Å². The summed E-state index contributed by atoms with van der Waals surface area (Å²) in [5, 5.41) is 1.02. The number of hydrazine groups is 1. The van der Waals surface area contributed by atoms with Crippen molar-refractivity contribution >= 4 is 11.6 Å². The SMILES string of the molecule is NN(C(=O)c1ccccn1)c1cccnc1. The zero-order valence-electron chi connectivity index (χ0n) is 8.45. The Hall–Kier alpha value is -2.27. The smallest absolute Gasteiger partial charge is 0.265 e. The van der Waals surface area contributed by atoms with Crippen LogP contribution in [0, 0.1) is 0 Å². The highest BCUT2D eigenvalue weighted by molar-refractivity contribution is 6.03. The van der Waals surface area contributed by atoms with Crippen molar-refractivity contribution in [2.24, 2.45) is 5.84 Å². The first-order valence-electron chi connectivity index (χ1n) is 4.69. The third-order valence-corrected chi connectivity index (χ3v) is 2.03. The van der Waals surface area contributed by atoms with Gasteiger partial charge in [-0.1, -0.05) is 6.07 Å². The minimum absolute atomic E-state index is 0.300. The normalized spacial score (nSPS) is 9.81. The van der Waals surface area contributed by atoms with Crippen molar-refractivity contribution in [3.05, 3.63) is 54.6 Å². The summed E-state index contributed by atoms with van der Waals surface area (Å²) >= 11 is 0. The number of anilines is 1. The predicted octanol–water partition coefficient (Wildman–Crippen LogP) is 0.997. The fourth-order valence-electron chi connectivity index (χ4n) is 1.23. The summed E-state index contributed by atoms with van der Waals surface area (Å²) in [6.07, 6.45) is 4.67. The number of pyridine rings is 2. The molecule has 2 N–H and O–H groups in total. The molecule has 0 aliphatic rings. The molecule has 0 aliphatic carbocycles. The topological polar surface area (TPSA) is 72.1 Å². The van der Waals surface area contributed by atoms with Crippen molar-refractivity contribution in [1.82, 2.24) is 9.97 Å². The number of rotatable bonds is 2. The van der Waals surface area contributed by atoms with Crippen molar-refractivity contribution in [3.8, 4) is 0 Å². The van der Waals surface area contributed by atoms with E-state index in [1.807, 2.05) is 0 Å². The Morgan fingerprint density at radius 3 is 2.69 bits per heavy atom. The summed E-state index contributed by atoms with van der Waals surface area (Å²) in [7, 11) is 0. The molecule has 0 atom stereocenters. The van der Waals surface area contributed by atoms with E-state index in [-0.39, 0.29) is 5.91 Å². The highest BCUT2D eigenvalue weighted by atomic mass is 16.2. The minimum atomic E-state index is -0.367. The van der Waals surface area contributed by atoms with Crippen LogP contribution in [0.3, 0.4) is 0 Å². The summed E-state index contributed by atoms with van der Waals surface area (Å²) < 4.78 is 0. The summed E-state index contributed by atoms with van der Waals surface area (Å²) in [6, 6.07) is 8.49. The number of nitrogens with zero attached hydrogens (tertiary/aromatic N) is 3. The molecule has 0 fully saturated rings. The van der Waals surface area contributed by atoms with Crippen LogP contribution in [0.15, 0.2) is 48.9 Å². The van der Waals surface area contributed by atoms with Gasteiger partial charge in [0.25, 0.3) is 5.91 Å². The van der Waals surface area contributed by atoms with E-state index in [2.05, 4.69) is 9.97 Å². The lowest BCUT2D eigenvalue weighted by Crippen LogP contribution is -2.37. The standard InChI is InChI=1S/C11H10N4O/c12-15(9-4-3-6-13-8-9)11(16)10-5-1-2-7-14-10/h1-8H,12H2. The first-order valence-corrected chi connectivity index (χ1v) is 4.69. The number of aromatic nitrogens is 2. The Morgan fingerprint density at radius 2 is 2.06 bits per heavy atom. The largest absolute Gasteiger partial charge is 0.291 e. The van der Waals surface area contributed by atoms with Gasteiger partial charge in [0.15, 0.2) is 0 Å². The molecule has 0 spiro atoms. The Bertz CT molecular complexity index is 472. The number of amides is 1. The van der Waals surface area contributed by atoms with Crippen molar-refractivity contribution in [2.75, 3.05) is 5.01 Å². The Morgan fingerprint density at radius 1 is 1.19 bits per heavy atom. The number of carbonyl (C=O) groups is 1. The van der Waals surface area contributed by atoms with E-state index in [0.29, 0.717) is 11.4 Å². The van der Waals surface area contributed by atoms with Crippen molar-refractivity contribution in [1.29, 1.82) is 0 Å². The zero-order valence-corrected chi connectivity index (χ0v) is 8.45. The Kier molecular flexibility index (Phi) is 2.88. The summed E-state index contributed by atoms with van der Waals surface area (Å²) in [5.74, 6) is 5.31. The number of hydrogen-bond acceptors (Lipinski definition) is 4. The van der Waals surface area contributed by atoms with E-state index in [9.17, 15) is 4.79 Å². The van der Waals surface area contributed by atoms with Gasteiger partial charge in [-0.05, 0) is 24.3 Å². The van der Waals surface area contributed by atoms with Crippen molar-refractivity contribution < 1.29 is 4.79 Å². The van der Waals surface area contributed by atoms with Gasteiger partial charge in [-0.25, -0.2) is 10.9 Å². The number of hydrogen-bond donors (Lipinski definition) is 1. The molecule has 16 heavy (non-hydrogen) atoms. The fraction of sp³-hybridized carbons (Fsp3) is 0. The monoisotopic (exact) mass is 214 g/mol. The molecule has 80 valence electrons. The van der Waals surface area contributed by atoms with Gasteiger partial charge in [0.05, 0.1) is 11.9 Å². The van der Waals surface area contributed by atoms with E-state index in [1.165, 1.54) is 6.20 Å². The van der Waals surface area contributed by atoms with Crippen LogP contribution in [-0.2, 0) is 0 Å². The van der Waals surface area contributed by atoms with Crippen LogP contribution in [0.5, 0.6) is 0 Å². The second-order valence-corrected chi connectivity index (χ2v) is 3.10. The van der Waals surface area contributed by atoms with E-state index in [0.717, 1.165) is 5.01 Å². The van der Waals surface area contributed by atoms with Gasteiger partial charge < -0.3 is 0 Å². The summed E-state index contributed by atoms with van der Waals surface area (Å²) in [6.45, 7) is 0. The van der Waals surface area contributed by atoms with E-state index >= 15 is 0 Å². The molecule has 0 aliphatic heterocycles. The lowest BCUT2D eigenvalue weighted by Gasteiger charge is -2.15. The van der Waals surface area contributed by atoms with Crippen LogP contribution in [0.25, 0.3) is 0 Å². The molecule has 0 radical (unpaired) electrons. The Balaban J connectivity index is 2.24. The first kappa shape index (κ1) is 10.3. The molecule has 0 aromatic carbocycles. The van der Waals surface area contributed by atoms with Gasteiger partial charge in [0.2, 0.25) is 0 Å². The fourth-order valence-corrected chi connectivity index (χ4v) is 1.23. The predicted molar refractivity (Wildman–Crippen MR) is 59.5 cm³/mol. The Labute approximate surface area is 92.5 Å². The minimum Gasteiger partial charge on any atom is -0.265 e. The highest BCUT2D eigenvalue weighted by Crippen LogP contribution is 2.10. The maximum atomic E-state index is 11.9. The maximum absolute atomic E-state index is 11.9. The van der Waals surface area contributed by atoms with E-state index in [4.69, 9.17) is 5.84 Å². The summed E-state index contributed by atoms with van der Waals surface area (Å²) in [4.78, 5) is 19.7. The third-order valence-electron chi connectivity index (χ3n) is 2.03. The average Bonchev–Trinajstić information content (AvgIpc) is 2.39. The van der Waals surface area contributed by atoms with Crippen LogP contribution >= 0.6 is 0 Å². The molecule has 0 saturated carbocycles. The van der Waals surface area contributed by atoms with E-state index in [1.54, 1.807) is 42.7 Å². The molecule has 1 amide bonds. The lowest BCUT2D eigenvalue weighted by molar-refractivity contribution is 0.0982. The molecular weight excluding hydrogens is 204 g/mol. The third kappa shape index (κ3) is 2.04. The van der Waals surface area contributed by atoms with Crippen molar-refractivity contribution in [3.63, 3.8) is 0 Å². The number of nitrogens with two attached hydrogens (primary N) is 1. The van der Waals surface area contributed by atoms with Crippen LogP contribution in [0.2, 0.25) is 0 Å². The van der Waals surface area contributed by atoms with Crippen LogP contribution < -0.4 is 10.9 Å². The summed E-state index contributed by atoms with van der Waals surface area (Å²) in [5.41, 5.74) is 0.826. The van der Waals surface area contributed by atoms with Gasteiger partial charge in [-0.2, -0.15) is 0 Å². The highest BCUT2D eigenvalue weighted by Gasteiger charge is 2.14.